The lowest BCUT2D eigenvalue weighted by molar-refractivity contribution is -0.399. The maximum atomic E-state index is 13.3. The van der Waals surface area contributed by atoms with Crippen molar-refractivity contribution in [2.24, 2.45) is 0 Å². The highest BCUT2D eigenvalue weighted by molar-refractivity contribution is 5.77. The van der Waals surface area contributed by atoms with Gasteiger partial charge in [0.1, 0.15) is 262 Å². The third-order valence-electron chi connectivity index (χ3n) is 26.0. The summed E-state index contributed by atoms with van der Waals surface area (Å²) in [6, 6.07) is -9.62. The zero-order chi connectivity index (χ0) is 106. The van der Waals surface area contributed by atoms with Gasteiger partial charge in [-0.15, -0.1) is 0 Å². The number of hydrogen-bond donors (Lipinski definition) is 37. The minimum Gasteiger partial charge on any atom is -0.477 e. The first-order chi connectivity index (χ1) is 67.5. The van der Waals surface area contributed by atoms with Gasteiger partial charge in [0.2, 0.25) is 29.5 Å². The van der Waals surface area contributed by atoms with Crippen LogP contribution in [-0.4, -0.2) is 615 Å². The molecule has 0 unspecified atom stereocenters. The maximum absolute atomic E-state index is 13.3. The van der Waals surface area contributed by atoms with Gasteiger partial charge in [0, 0.05) is 41.0 Å². The van der Waals surface area contributed by atoms with Gasteiger partial charge in [0.05, 0.1) is 84.8 Å². The van der Waals surface area contributed by atoms with E-state index in [1.165, 1.54) is 0 Å². The summed E-state index contributed by atoms with van der Waals surface area (Å²) >= 11 is 0. The minimum atomic E-state index is -3.12. The Morgan fingerprint density at radius 1 is 0.287 bits per heavy atom. The second-order valence-corrected chi connectivity index (χ2v) is 36.0. The molecule has 0 saturated carbocycles. The van der Waals surface area contributed by atoms with Crippen molar-refractivity contribution in [2.75, 3.05) is 72.7 Å². The Hall–Kier alpha value is -5.26. The van der Waals surface area contributed by atoms with Gasteiger partial charge >= 0.3 is 5.97 Å². The Morgan fingerprint density at radius 3 is 0.951 bits per heavy atom. The summed E-state index contributed by atoms with van der Waals surface area (Å²) in [5, 5.41) is 371. The predicted molar refractivity (Wildman–Crippen MR) is 438 cm³/mol. The average Bonchev–Trinajstić information content (AvgIpc) is 0.759. The fraction of sp³-hybridized carbons (Fsp3) is 0.924. The van der Waals surface area contributed by atoms with E-state index in [4.69, 9.17) is 99.5 Å². The molecule has 11 aliphatic heterocycles. The summed E-state index contributed by atoms with van der Waals surface area (Å²) in [5.41, 5.74) is 0. The zero-order valence-electron chi connectivity index (χ0n) is 76.6. The molecule has 11 rings (SSSR count). The SMILES string of the molecule is CC(=O)N[C@@H]1[C@@H](O)[C@H](O[C@@H]2O[C@H](CO)[C@@H](O[C@@H]3O[C@H](CO[C@H]4O[C@H](CO)[C@@H](O)[C@H](O)[C@@H]4O[C@@H]4O[C@H](CO)[C@@H](O[C@@H]5O[C@H](CO)[C@H](O)[C@H](O[C@@H]6O[C@H](CO)[C@H](O)[C@H](O)[C@H]6O)[C@H]5O)[C@H](O)[C@H]4NC(C)=O)[C@@H](O)[C@H](O[C@H]4O[C@H](CO)[C@@H](O)[C@H](O)[C@@H]4O[C@@H]4O[C@H](CO)[C@@H](O[C@@H]5O[C@H](CO[C@]6(C(=O)O)C[C@H](O)[C@@H](NC(C)=O)[C@H]([C@H](O)[C@H](O)CO)O6)[C@H](O)[C@H](O)[C@H]5O)[C@H](O)[C@H]4NC(C)=O)[C@@H]3O)[C@H](O)[C@H]2NC(C)=O)[C@@H](CO)O[C@H]1O. The standard InChI is InChI=1S/C79H131N5O59/c1-18(94)80-35-23(99)6-79(78(121)122,143-63(35)40(101)24(100)7-85)124-17-34-44(105)52(113)56(117)73(134-34)136-60-30(13-91)132-71(39(49(60)110)84-22(5)98)142-67-54(115)43(104)27(10-88)129-77(67)140-65-46(107)33(133-75(58(65)119)138-62-31(14-92)130-69(37(48(62)109)82-20(3)96)135-59-29(12-90)125-68(120)36(47(59)108)81-19(2)95)16-123-76-66(53(114)42(103)26(9-87)128-76)141-70-38(83-21(4)97)50(111)61(32(15-93)131-70)137-74-57(118)64(45(106)28(11-89)127-74)139-72-55(116)51(112)41(102)25(8-86)126-72/h23-77,85-93,99-120H,6-17H2,1-5H3,(H,80,94)(H,81,95)(H,82,96)(H,83,97)(H,84,98)(H,121,122)/t23-,24+,25+,26+,27+,28+,29+,30+,31+,32+,33+,34+,35+,36+,37+,38+,39+,40+,41-,42+,43+,44-,45-,46+,47+,48+,49+,50+,51-,52-,53-,54-,55+,56+,57+,58-,59+,60+,61+,62+,63+,64-,65-,66-,67-,68+,69-,70-,71-,72-,73-,74-,75-,76-,77+,79+/m0/s1. The van der Waals surface area contributed by atoms with Gasteiger partial charge in [-0.05, 0) is 0 Å². The van der Waals surface area contributed by atoms with Crippen LogP contribution in [0.1, 0.15) is 41.0 Å². The fourth-order valence-corrected chi connectivity index (χ4v) is 18.4. The smallest absolute Gasteiger partial charge is 0.364 e. The Kier molecular flexibility index (Phi) is 42.3. The minimum absolute atomic E-state index is 0.829. The number of nitrogens with one attached hydrogen (secondary N) is 5. The quantitative estimate of drug-likeness (QED) is 0.0272. The van der Waals surface area contributed by atoms with E-state index in [0.29, 0.717) is 0 Å². The number of aliphatic carboxylic acids is 1. The molecule has 0 bridgehead atoms. The van der Waals surface area contributed by atoms with Crippen molar-refractivity contribution < 1.29 is 292 Å². The zero-order valence-corrected chi connectivity index (χ0v) is 76.6. The number of carboxylic acids is 1. The van der Waals surface area contributed by atoms with E-state index in [-0.39, 0.29) is 0 Å². The first-order valence-corrected chi connectivity index (χ1v) is 45.3. The molecule has 0 aliphatic carbocycles. The Bertz CT molecular complexity index is 4030. The van der Waals surface area contributed by atoms with E-state index in [0.717, 1.165) is 34.6 Å². The summed E-state index contributed by atoms with van der Waals surface area (Å²) in [7, 11) is 0. The largest absolute Gasteiger partial charge is 0.477 e. The molecular weight excluding hydrogens is 1960 g/mol. The first kappa shape index (κ1) is 118. The van der Waals surface area contributed by atoms with Crippen molar-refractivity contribution in [3.8, 4) is 0 Å². The van der Waals surface area contributed by atoms with Crippen molar-refractivity contribution in [3.05, 3.63) is 0 Å². The molecule has 64 heteroatoms. The topological polar surface area (TPSA) is 1000 Å². The second-order valence-electron chi connectivity index (χ2n) is 36.0. The second kappa shape index (κ2) is 51.2. The molecule has 5 amide bonds. The van der Waals surface area contributed by atoms with Crippen LogP contribution in [0.25, 0.3) is 0 Å². The van der Waals surface area contributed by atoms with Gasteiger partial charge in [-0.1, -0.05) is 0 Å². The molecule has 56 atom stereocenters. The molecule has 11 fully saturated rings. The van der Waals surface area contributed by atoms with Gasteiger partial charge in [-0.2, -0.15) is 0 Å². The normalized spacial score (nSPS) is 47.8. The molecule has 11 aliphatic rings. The predicted octanol–water partition coefficient (Wildman–Crippen LogP) is -25.1. The molecular formula is C79H131N5O59. The summed E-state index contributed by atoms with van der Waals surface area (Å²) in [6.45, 7) is -8.61. The van der Waals surface area contributed by atoms with Crippen LogP contribution >= 0.6 is 0 Å². The average molecular weight is 2090 g/mol. The molecule has 64 nitrogen and oxygen atoms in total. The fourth-order valence-electron chi connectivity index (χ4n) is 18.4. The summed E-state index contributed by atoms with van der Waals surface area (Å²) in [6.07, 6.45) is -111. The van der Waals surface area contributed by atoms with Crippen molar-refractivity contribution >= 4 is 35.5 Å². The highest BCUT2D eigenvalue weighted by atomic mass is 16.8. The van der Waals surface area contributed by atoms with E-state index < -0.39 is 458 Å². The van der Waals surface area contributed by atoms with E-state index in [9.17, 15) is 192 Å². The summed E-state index contributed by atoms with van der Waals surface area (Å²) in [4.78, 5) is 77.2. The number of hydrogen-bond acceptors (Lipinski definition) is 58. The van der Waals surface area contributed by atoms with Crippen LogP contribution in [0.4, 0.5) is 0 Å². The highest BCUT2D eigenvalue weighted by Gasteiger charge is 2.64. The van der Waals surface area contributed by atoms with E-state index in [1.807, 2.05) is 0 Å². The maximum Gasteiger partial charge on any atom is 0.364 e. The van der Waals surface area contributed by atoms with E-state index in [2.05, 4.69) is 26.6 Å². The van der Waals surface area contributed by atoms with E-state index in [1.54, 1.807) is 0 Å². The van der Waals surface area contributed by atoms with Gasteiger partial charge < -0.3 is 289 Å². The van der Waals surface area contributed by atoms with Gasteiger partial charge in [-0.25, -0.2) is 4.79 Å². The molecule has 37 N–H and O–H groups in total. The van der Waals surface area contributed by atoms with Crippen LogP contribution in [0.15, 0.2) is 0 Å². The number of carboxylic acid groups (broad SMARTS) is 1. The van der Waals surface area contributed by atoms with Crippen molar-refractivity contribution in [3.63, 3.8) is 0 Å². The third kappa shape index (κ3) is 26.2. The number of carbonyl (C=O) groups is 6. The lowest BCUT2D eigenvalue weighted by atomic mass is 9.88. The third-order valence-corrected chi connectivity index (χ3v) is 26.0. The van der Waals surface area contributed by atoms with Gasteiger partial charge in [0.15, 0.2) is 62.9 Å². The number of carbonyl (C=O) groups excluding carboxylic acids is 5. The highest BCUT2D eigenvalue weighted by Crippen LogP contribution is 2.43. The Balaban J connectivity index is 0.893. The van der Waals surface area contributed by atoms with E-state index >= 15 is 0 Å². The Labute approximate surface area is 808 Å². The first-order valence-electron chi connectivity index (χ1n) is 45.3. The number of aliphatic hydroxyl groups is 31. The summed E-state index contributed by atoms with van der Waals surface area (Å²) in [5.74, 6) is -9.99. The van der Waals surface area contributed by atoms with Gasteiger partial charge in [0.25, 0.3) is 5.79 Å². The molecule has 0 aromatic heterocycles. The summed E-state index contributed by atoms with van der Waals surface area (Å²) < 4.78 is 124. The van der Waals surface area contributed by atoms with Crippen LogP contribution in [0.5, 0.6) is 0 Å². The van der Waals surface area contributed by atoms with Crippen LogP contribution < -0.4 is 26.6 Å². The molecule has 0 radical (unpaired) electrons. The number of ether oxygens (including phenoxy) is 21. The van der Waals surface area contributed by atoms with Crippen LogP contribution in [0.3, 0.4) is 0 Å². The number of aliphatic hydroxyl groups excluding tert-OH is 31. The van der Waals surface area contributed by atoms with Crippen LogP contribution in [0, 0.1) is 0 Å². The van der Waals surface area contributed by atoms with Gasteiger partial charge in [-0.3, -0.25) is 24.0 Å². The molecule has 0 aromatic rings. The van der Waals surface area contributed by atoms with Crippen molar-refractivity contribution in [2.45, 2.75) is 384 Å². The Morgan fingerprint density at radius 2 is 0.566 bits per heavy atom. The molecule has 826 valence electrons. The van der Waals surface area contributed by atoms with Crippen LogP contribution in [-0.2, 0) is 128 Å². The van der Waals surface area contributed by atoms with Crippen LogP contribution in [0.2, 0.25) is 0 Å². The van der Waals surface area contributed by atoms with Crippen molar-refractivity contribution in [1.82, 2.24) is 26.6 Å². The molecule has 11 heterocycles. The molecule has 11 saturated heterocycles. The lowest BCUT2D eigenvalue weighted by Crippen LogP contribution is -2.71. The number of amides is 5. The van der Waals surface area contributed by atoms with Crippen molar-refractivity contribution in [1.29, 1.82) is 0 Å². The molecule has 0 spiro atoms. The lowest BCUT2D eigenvalue weighted by Gasteiger charge is -2.51. The monoisotopic (exact) mass is 2090 g/mol. The molecule has 0 aromatic carbocycles. The number of rotatable bonds is 39. The molecule has 143 heavy (non-hydrogen) atoms.